The molecule has 0 bridgehead atoms. The molecular weight excluding hydrogens is 279 g/mol. The lowest BCUT2D eigenvalue weighted by atomic mass is 10.3. The van der Waals surface area contributed by atoms with Crippen molar-refractivity contribution >= 4 is 34.3 Å². The second kappa shape index (κ2) is 4.24. The quantitative estimate of drug-likeness (QED) is 0.786. The molecule has 18 heavy (non-hydrogen) atoms. The summed E-state index contributed by atoms with van der Waals surface area (Å²) >= 11 is 1.45. The minimum absolute atomic E-state index is 0.222. The van der Waals surface area contributed by atoms with E-state index in [2.05, 4.69) is 29.4 Å². The maximum absolute atomic E-state index is 12.3. The van der Waals surface area contributed by atoms with Gasteiger partial charge in [-0.25, -0.2) is 4.98 Å². The fourth-order valence-corrected chi connectivity index (χ4v) is 4.19. The molecule has 1 aromatic carbocycles. The van der Waals surface area contributed by atoms with Gasteiger partial charge >= 0.3 is 6.36 Å². The topological polar surface area (TPSA) is 22.1 Å². The van der Waals surface area contributed by atoms with Crippen molar-refractivity contribution in [2.24, 2.45) is 0 Å². The van der Waals surface area contributed by atoms with Crippen LogP contribution in [0.4, 0.5) is 13.2 Å². The molecule has 0 spiro atoms. The van der Waals surface area contributed by atoms with Crippen LogP contribution in [0.1, 0.15) is 0 Å². The van der Waals surface area contributed by atoms with Crippen molar-refractivity contribution in [1.82, 2.24) is 4.98 Å². The van der Waals surface area contributed by atoms with Crippen molar-refractivity contribution in [3.05, 3.63) is 18.2 Å². The second-order valence-corrected chi connectivity index (χ2v) is 11.3. The maximum atomic E-state index is 12.3. The highest BCUT2D eigenvalue weighted by molar-refractivity contribution is 7.30. The molecule has 1 aromatic heterocycles. The van der Waals surface area contributed by atoms with Crippen LogP contribution >= 0.6 is 11.3 Å². The zero-order valence-electron chi connectivity index (χ0n) is 10.1. The van der Waals surface area contributed by atoms with Crippen molar-refractivity contribution in [3.63, 3.8) is 0 Å². The number of hydrogen-bond acceptors (Lipinski definition) is 3. The largest absolute Gasteiger partial charge is 0.573 e. The smallest absolute Gasteiger partial charge is 0.403 e. The minimum Gasteiger partial charge on any atom is -0.403 e. The van der Waals surface area contributed by atoms with Gasteiger partial charge in [-0.2, -0.15) is 0 Å². The third kappa shape index (κ3) is 2.84. The Hall–Kier alpha value is -1.08. The van der Waals surface area contributed by atoms with Crippen LogP contribution in [0.5, 0.6) is 5.75 Å². The van der Waals surface area contributed by atoms with Crippen LogP contribution in [-0.4, -0.2) is 19.4 Å². The van der Waals surface area contributed by atoms with Crippen molar-refractivity contribution in [2.45, 2.75) is 26.0 Å². The molecule has 2 aromatic rings. The summed E-state index contributed by atoms with van der Waals surface area (Å²) in [5, 5.41) is 0. The summed E-state index contributed by atoms with van der Waals surface area (Å²) in [7, 11) is -1.63. The summed E-state index contributed by atoms with van der Waals surface area (Å²) in [6.45, 7) is 6.32. The fourth-order valence-electron chi connectivity index (χ4n) is 1.45. The minimum atomic E-state index is -4.68. The first-order valence-electron chi connectivity index (χ1n) is 5.32. The number of ether oxygens (including phenoxy) is 1. The van der Waals surface area contributed by atoms with Crippen LogP contribution in [0.25, 0.3) is 10.2 Å². The van der Waals surface area contributed by atoms with E-state index in [1.54, 1.807) is 12.1 Å². The van der Waals surface area contributed by atoms with Crippen LogP contribution in [0.15, 0.2) is 18.2 Å². The van der Waals surface area contributed by atoms with Gasteiger partial charge in [0.15, 0.2) is 5.75 Å². The van der Waals surface area contributed by atoms with Crippen LogP contribution in [0, 0.1) is 0 Å². The zero-order chi connectivity index (χ0) is 13.6. The fraction of sp³-hybridized carbons (Fsp3) is 0.364. The van der Waals surface area contributed by atoms with Crippen LogP contribution < -0.4 is 9.37 Å². The van der Waals surface area contributed by atoms with Gasteiger partial charge in [-0.3, -0.25) is 0 Å². The molecule has 0 atom stereocenters. The third-order valence-corrected chi connectivity index (χ3v) is 6.62. The van der Waals surface area contributed by atoms with Gasteiger partial charge in [-0.05, 0) is 12.1 Å². The summed E-state index contributed by atoms with van der Waals surface area (Å²) in [4.78, 5) is 4.32. The van der Waals surface area contributed by atoms with Gasteiger partial charge in [-0.1, -0.05) is 25.7 Å². The molecule has 2 rings (SSSR count). The average Bonchev–Trinajstić information content (AvgIpc) is 2.59. The molecule has 0 amide bonds. The summed E-state index contributed by atoms with van der Waals surface area (Å²) in [6.07, 6.45) is -4.68. The first-order chi connectivity index (χ1) is 8.17. The van der Waals surface area contributed by atoms with Crippen LogP contribution in [-0.2, 0) is 0 Å². The van der Waals surface area contributed by atoms with Gasteiger partial charge in [-0.15, -0.1) is 24.5 Å². The van der Waals surface area contributed by atoms with Crippen molar-refractivity contribution in [2.75, 3.05) is 0 Å². The third-order valence-electron chi connectivity index (χ3n) is 2.25. The predicted molar refractivity (Wildman–Crippen MR) is 69.3 cm³/mol. The lowest BCUT2D eigenvalue weighted by molar-refractivity contribution is -0.274. The lowest BCUT2D eigenvalue weighted by Crippen LogP contribution is -2.37. The Morgan fingerprint density at radius 3 is 2.44 bits per heavy atom. The molecule has 0 saturated heterocycles. The molecule has 7 heteroatoms. The number of aromatic nitrogens is 1. The predicted octanol–water partition coefficient (Wildman–Crippen LogP) is 3.74. The van der Waals surface area contributed by atoms with E-state index < -0.39 is 14.4 Å². The highest BCUT2D eigenvalue weighted by Crippen LogP contribution is 2.31. The average molecular weight is 291 g/mol. The van der Waals surface area contributed by atoms with Gasteiger partial charge in [0.25, 0.3) is 0 Å². The number of nitrogens with zero attached hydrogens (tertiary/aromatic N) is 1. The number of para-hydroxylation sites is 1. The molecule has 1 heterocycles. The number of hydrogen-bond donors (Lipinski definition) is 0. The summed E-state index contributed by atoms with van der Waals surface area (Å²) in [5.74, 6) is -0.222. The summed E-state index contributed by atoms with van der Waals surface area (Å²) in [6, 6.07) is 4.61. The van der Waals surface area contributed by atoms with Crippen LogP contribution in [0.3, 0.4) is 0 Å². The van der Waals surface area contributed by atoms with E-state index in [0.29, 0.717) is 5.52 Å². The highest BCUT2D eigenvalue weighted by Gasteiger charge is 2.32. The van der Waals surface area contributed by atoms with Crippen molar-refractivity contribution < 1.29 is 17.9 Å². The normalized spacial score (nSPS) is 13.0. The van der Waals surface area contributed by atoms with Crippen molar-refractivity contribution in [3.8, 4) is 5.75 Å². The van der Waals surface area contributed by atoms with E-state index in [9.17, 15) is 13.2 Å². The number of thiazole rings is 1. The van der Waals surface area contributed by atoms with E-state index in [1.165, 1.54) is 17.4 Å². The van der Waals surface area contributed by atoms with E-state index in [4.69, 9.17) is 0 Å². The Balaban J connectivity index is 2.53. The highest BCUT2D eigenvalue weighted by atomic mass is 32.1. The molecule has 0 unspecified atom stereocenters. The Labute approximate surface area is 107 Å². The standard InChI is InChI=1S/C11H12F3NOSSi/c1-18(2,3)10-15-9-7(16-11(12,13)14)5-4-6-8(9)17-10/h4-6H,1-3H3. The van der Waals surface area contributed by atoms with E-state index in [1.807, 2.05) is 0 Å². The van der Waals surface area contributed by atoms with Crippen molar-refractivity contribution in [1.29, 1.82) is 0 Å². The Kier molecular flexibility index (Phi) is 3.14. The van der Waals surface area contributed by atoms with Gasteiger partial charge in [0.05, 0.1) is 9.33 Å². The lowest BCUT2D eigenvalue weighted by Gasteiger charge is -2.10. The maximum Gasteiger partial charge on any atom is 0.573 e. The van der Waals surface area contributed by atoms with Gasteiger partial charge in [0.1, 0.15) is 13.6 Å². The first-order valence-corrected chi connectivity index (χ1v) is 9.64. The Morgan fingerprint density at radius 1 is 1.22 bits per heavy atom. The summed E-state index contributed by atoms with van der Waals surface area (Å²) < 4.78 is 42.5. The SMILES string of the molecule is C[Si](C)(C)c1nc2c(OC(F)(F)F)cccc2s1. The van der Waals surface area contributed by atoms with E-state index >= 15 is 0 Å². The molecule has 0 aliphatic rings. The molecular formula is C11H12F3NOSSi. The molecule has 0 fully saturated rings. The van der Waals surface area contributed by atoms with E-state index in [-0.39, 0.29) is 5.75 Å². The second-order valence-electron chi connectivity index (χ2n) is 4.92. The number of fused-ring (bicyclic) bond motifs is 1. The van der Waals surface area contributed by atoms with E-state index in [0.717, 1.165) is 9.33 Å². The van der Waals surface area contributed by atoms with Gasteiger partial charge in [0.2, 0.25) is 0 Å². The number of rotatable bonds is 2. The monoisotopic (exact) mass is 291 g/mol. The molecule has 0 aliphatic carbocycles. The number of alkyl halides is 3. The Bertz CT molecular complexity index is 574. The Morgan fingerprint density at radius 2 is 1.89 bits per heavy atom. The molecule has 0 N–H and O–H groups in total. The van der Waals surface area contributed by atoms with Gasteiger partial charge in [0, 0.05) is 0 Å². The summed E-state index contributed by atoms with van der Waals surface area (Å²) in [5.41, 5.74) is 0.303. The molecule has 2 nitrogen and oxygen atoms in total. The first kappa shape index (κ1) is 13.4. The molecule has 0 aliphatic heterocycles. The molecule has 0 radical (unpaired) electrons. The molecule has 0 saturated carbocycles. The van der Waals surface area contributed by atoms with Crippen LogP contribution in [0.2, 0.25) is 19.6 Å². The zero-order valence-corrected chi connectivity index (χ0v) is 11.9. The number of benzene rings is 1. The molecule has 98 valence electrons. The van der Waals surface area contributed by atoms with Gasteiger partial charge < -0.3 is 4.74 Å². The number of halogens is 3.